The van der Waals surface area contributed by atoms with E-state index >= 15 is 0 Å². The summed E-state index contributed by atoms with van der Waals surface area (Å²) < 4.78 is 7.07. The quantitative estimate of drug-likeness (QED) is 0.268. The number of carbonyl (C=O) groups excluding carboxylic acids is 2. The minimum Gasteiger partial charge on any atom is -0.488 e. The lowest BCUT2D eigenvalue weighted by molar-refractivity contribution is -0.123. The third kappa shape index (κ3) is 5.70. The second kappa shape index (κ2) is 10.7. The molecule has 0 radical (unpaired) electrons. The highest BCUT2D eigenvalue weighted by Gasteiger charge is 2.34. The predicted octanol–water partition coefficient (Wildman–Crippen LogP) is 6.54. The number of thiocarbonyl (C=S) groups is 1. The van der Waals surface area contributed by atoms with Crippen LogP contribution in [0.4, 0.5) is 0 Å². The third-order valence-electron chi connectivity index (χ3n) is 4.92. The van der Waals surface area contributed by atoms with Crippen LogP contribution in [0.1, 0.15) is 27.0 Å². The maximum atomic E-state index is 13.0. The van der Waals surface area contributed by atoms with Crippen molar-refractivity contribution in [1.29, 1.82) is 0 Å². The highest BCUT2D eigenvalue weighted by molar-refractivity contribution is 9.10. The Morgan fingerprint density at radius 2 is 1.91 bits per heavy atom. The van der Waals surface area contributed by atoms with E-state index in [9.17, 15) is 9.59 Å². The van der Waals surface area contributed by atoms with Crippen LogP contribution in [-0.4, -0.2) is 21.1 Å². The van der Waals surface area contributed by atoms with Gasteiger partial charge in [0.05, 0.1) is 4.91 Å². The van der Waals surface area contributed by atoms with E-state index in [0.717, 1.165) is 32.4 Å². The molecule has 0 spiro atoms. The number of nitrogens with one attached hydrogen (secondary N) is 1. The first-order valence-corrected chi connectivity index (χ1v) is 12.5. The Hall–Kier alpha value is -2.65. The molecule has 0 aliphatic carbocycles. The number of benzene rings is 3. The fourth-order valence-electron chi connectivity index (χ4n) is 3.11. The van der Waals surface area contributed by atoms with Gasteiger partial charge in [-0.25, -0.2) is 0 Å². The van der Waals surface area contributed by atoms with Crippen molar-refractivity contribution in [2.24, 2.45) is 0 Å². The fraction of sp³-hybridized carbons (Fsp3) is 0.0800. The number of halogens is 2. The van der Waals surface area contributed by atoms with Crippen molar-refractivity contribution < 1.29 is 14.3 Å². The van der Waals surface area contributed by atoms with Gasteiger partial charge in [-0.3, -0.25) is 15.0 Å². The molecular weight excluding hydrogens is 556 g/mol. The first-order valence-electron chi connectivity index (χ1n) is 10.1. The maximum Gasteiger partial charge on any atom is 0.285 e. The monoisotopic (exact) mass is 572 g/mol. The van der Waals surface area contributed by atoms with Crippen molar-refractivity contribution in [3.05, 3.63) is 103 Å². The summed E-state index contributed by atoms with van der Waals surface area (Å²) in [5.41, 5.74) is 5.60. The molecule has 1 aliphatic heterocycles. The zero-order valence-corrected chi connectivity index (χ0v) is 21.9. The molecule has 1 N–H and O–H groups in total. The van der Waals surface area contributed by atoms with Crippen LogP contribution >= 0.6 is 51.5 Å². The van der Waals surface area contributed by atoms with Gasteiger partial charge < -0.3 is 4.74 Å². The molecular formula is C25H18BrClN2O3S2. The standard InChI is InChI=1S/C25H18BrClN2O3S2/c1-15-6-8-16(9-7-15)23(30)28-29-24(31)22(34-25(29)33)13-18-12-19(26)10-11-21(18)32-14-17-4-2-3-5-20(17)27/h2-13H,14H2,1H3,(H,28,30)/b22-13+. The number of amides is 2. The molecule has 1 heterocycles. The van der Waals surface area contributed by atoms with E-state index in [1.54, 1.807) is 24.3 Å². The summed E-state index contributed by atoms with van der Waals surface area (Å²) in [6.45, 7) is 2.21. The molecule has 0 aromatic heterocycles. The second-order valence-corrected chi connectivity index (χ2v) is 10.4. The molecule has 0 bridgehead atoms. The number of rotatable bonds is 6. The number of nitrogens with zero attached hydrogens (tertiary/aromatic N) is 1. The topological polar surface area (TPSA) is 58.6 Å². The molecule has 2 amide bonds. The third-order valence-corrected chi connectivity index (χ3v) is 7.08. The summed E-state index contributed by atoms with van der Waals surface area (Å²) in [4.78, 5) is 26.0. The van der Waals surface area contributed by atoms with E-state index in [1.807, 2.05) is 55.5 Å². The molecule has 5 nitrogen and oxygen atoms in total. The van der Waals surface area contributed by atoms with E-state index in [2.05, 4.69) is 21.4 Å². The van der Waals surface area contributed by atoms with Gasteiger partial charge in [0.15, 0.2) is 4.32 Å². The molecule has 3 aromatic carbocycles. The number of hydrazine groups is 1. The Labute approximate surface area is 220 Å². The summed E-state index contributed by atoms with van der Waals surface area (Å²) in [6.07, 6.45) is 1.70. The zero-order chi connectivity index (χ0) is 24.2. The lowest BCUT2D eigenvalue weighted by atomic mass is 10.1. The summed E-state index contributed by atoms with van der Waals surface area (Å²) in [5, 5.41) is 1.71. The molecule has 172 valence electrons. The van der Waals surface area contributed by atoms with Gasteiger partial charge >= 0.3 is 0 Å². The summed E-state index contributed by atoms with van der Waals surface area (Å²) in [6, 6.07) is 20.0. The van der Waals surface area contributed by atoms with Crippen LogP contribution in [0.25, 0.3) is 6.08 Å². The van der Waals surface area contributed by atoms with Crippen LogP contribution in [0.2, 0.25) is 5.02 Å². The van der Waals surface area contributed by atoms with Crippen molar-refractivity contribution in [3.8, 4) is 5.75 Å². The zero-order valence-electron chi connectivity index (χ0n) is 17.9. The van der Waals surface area contributed by atoms with Gasteiger partial charge in [-0.15, -0.1) is 0 Å². The highest BCUT2D eigenvalue weighted by Crippen LogP contribution is 2.35. The number of aryl methyl sites for hydroxylation is 1. The number of thioether (sulfide) groups is 1. The van der Waals surface area contributed by atoms with E-state index in [-0.39, 0.29) is 10.9 Å². The van der Waals surface area contributed by atoms with Crippen LogP contribution in [0.3, 0.4) is 0 Å². The average molecular weight is 574 g/mol. The van der Waals surface area contributed by atoms with Crippen molar-refractivity contribution >= 4 is 73.7 Å². The van der Waals surface area contributed by atoms with E-state index in [4.69, 9.17) is 28.6 Å². The van der Waals surface area contributed by atoms with Crippen molar-refractivity contribution in [2.45, 2.75) is 13.5 Å². The Balaban J connectivity index is 1.53. The Morgan fingerprint density at radius 3 is 2.65 bits per heavy atom. The van der Waals surface area contributed by atoms with Gasteiger partial charge in [0.25, 0.3) is 11.8 Å². The lowest BCUT2D eigenvalue weighted by Gasteiger charge is -2.15. The molecule has 4 rings (SSSR count). The van der Waals surface area contributed by atoms with Crippen LogP contribution in [0, 0.1) is 6.92 Å². The smallest absolute Gasteiger partial charge is 0.285 e. The number of ether oxygens (including phenoxy) is 1. The van der Waals surface area contributed by atoms with Crippen LogP contribution < -0.4 is 10.2 Å². The molecule has 0 atom stereocenters. The van der Waals surface area contributed by atoms with Crippen molar-refractivity contribution in [1.82, 2.24) is 10.4 Å². The predicted molar refractivity (Wildman–Crippen MR) is 144 cm³/mol. The molecule has 1 saturated heterocycles. The van der Waals surface area contributed by atoms with Gasteiger partial charge in [0.2, 0.25) is 0 Å². The van der Waals surface area contributed by atoms with Crippen LogP contribution in [-0.2, 0) is 11.4 Å². The molecule has 1 fully saturated rings. The van der Waals surface area contributed by atoms with Gasteiger partial charge in [-0.05, 0) is 61.6 Å². The summed E-state index contributed by atoms with van der Waals surface area (Å²) >= 11 is 16.2. The first-order chi connectivity index (χ1) is 16.3. The van der Waals surface area contributed by atoms with Crippen LogP contribution in [0.15, 0.2) is 76.1 Å². The number of hydrogen-bond donors (Lipinski definition) is 1. The number of carbonyl (C=O) groups is 2. The van der Waals surface area contributed by atoms with E-state index in [1.165, 1.54) is 0 Å². The first kappa shape index (κ1) is 24.5. The Morgan fingerprint density at radius 1 is 1.18 bits per heavy atom. The fourth-order valence-corrected chi connectivity index (χ4v) is 4.85. The molecule has 3 aromatic rings. The highest BCUT2D eigenvalue weighted by atomic mass is 79.9. The minimum absolute atomic E-state index is 0.241. The van der Waals surface area contributed by atoms with Gasteiger partial charge in [0.1, 0.15) is 12.4 Å². The van der Waals surface area contributed by atoms with E-state index in [0.29, 0.717) is 26.8 Å². The summed E-state index contributed by atoms with van der Waals surface area (Å²) in [7, 11) is 0. The molecule has 34 heavy (non-hydrogen) atoms. The maximum absolute atomic E-state index is 13.0. The van der Waals surface area contributed by atoms with Crippen LogP contribution in [0.5, 0.6) is 5.75 Å². The van der Waals surface area contributed by atoms with Gasteiger partial charge in [-0.2, -0.15) is 5.01 Å². The average Bonchev–Trinajstić information content (AvgIpc) is 3.07. The molecule has 9 heteroatoms. The SMILES string of the molecule is Cc1ccc(C(=O)NN2C(=O)/C(=C\c3cc(Br)ccc3OCc3ccccc3Cl)SC2=S)cc1. The minimum atomic E-state index is -0.413. The van der Waals surface area contributed by atoms with Gasteiger partial charge in [-0.1, -0.05) is 75.2 Å². The van der Waals surface area contributed by atoms with E-state index < -0.39 is 11.8 Å². The normalized spacial score (nSPS) is 14.6. The molecule has 1 aliphatic rings. The molecule has 0 saturated carbocycles. The summed E-state index contributed by atoms with van der Waals surface area (Å²) in [5.74, 6) is -0.242. The Bertz CT molecular complexity index is 1310. The second-order valence-electron chi connectivity index (χ2n) is 7.39. The Kier molecular flexibility index (Phi) is 7.73. The number of hydrogen-bond acceptors (Lipinski definition) is 5. The lowest BCUT2D eigenvalue weighted by Crippen LogP contribution is -2.44. The largest absolute Gasteiger partial charge is 0.488 e. The van der Waals surface area contributed by atoms with Gasteiger partial charge in [0, 0.05) is 26.2 Å². The van der Waals surface area contributed by atoms with Crippen molar-refractivity contribution in [2.75, 3.05) is 0 Å². The molecule has 0 unspecified atom stereocenters. The van der Waals surface area contributed by atoms with Crippen molar-refractivity contribution in [3.63, 3.8) is 0 Å².